The first-order chi connectivity index (χ1) is 20.7. The Kier molecular flexibility index (Phi) is 36.2. The van der Waals surface area contributed by atoms with Gasteiger partial charge in [-0.15, -0.1) is 0 Å². The lowest BCUT2D eigenvalue weighted by molar-refractivity contribution is -0.141. The van der Waals surface area contributed by atoms with Gasteiger partial charge in [0.25, 0.3) is 0 Å². The SMILES string of the molecule is CCC(NCCCCCCCCCCCC(C)C)C(=O)O.COC(=O)CCNCCCCCCCCCCCCC(C)C. The molecule has 0 aliphatic carbocycles. The maximum absolute atomic E-state index is 10.9. The van der Waals surface area contributed by atoms with E-state index in [0.717, 1.165) is 37.9 Å². The first-order valence-corrected chi connectivity index (χ1v) is 18.5. The summed E-state index contributed by atoms with van der Waals surface area (Å²) in [6.07, 6.45) is 29.6. The number of hydrogen-bond donors (Lipinski definition) is 3. The van der Waals surface area contributed by atoms with Crippen LogP contribution in [0.15, 0.2) is 0 Å². The van der Waals surface area contributed by atoms with E-state index < -0.39 is 5.97 Å². The summed E-state index contributed by atoms with van der Waals surface area (Å²) in [6.45, 7) is 13.7. The number of carbonyl (C=O) groups is 2. The Hall–Kier alpha value is -1.14. The number of carbonyl (C=O) groups excluding carboxylic acids is 1. The molecule has 0 radical (unpaired) electrons. The predicted octanol–water partition coefficient (Wildman–Crippen LogP) is 10.1. The zero-order valence-electron chi connectivity index (χ0n) is 29.8. The molecule has 0 saturated carbocycles. The number of carboxylic acids is 1. The van der Waals surface area contributed by atoms with E-state index in [1.165, 1.54) is 136 Å². The fourth-order valence-corrected chi connectivity index (χ4v) is 5.23. The number of unbranched alkanes of at least 4 members (excludes halogenated alkanes) is 17. The second-order valence-corrected chi connectivity index (χ2v) is 13.4. The number of rotatable bonds is 31. The highest BCUT2D eigenvalue weighted by molar-refractivity contribution is 5.73. The van der Waals surface area contributed by atoms with Gasteiger partial charge in [0.05, 0.1) is 13.5 Å². The van der Waals surface area contributed by atoms with E-state index in [1.54, 1.807) is 0 Å². The molecule has 0 aliphatic heterocycles. The van der Waals surface area contributed by atoms with Gasteiger partial charge < -0.3 is 20.5 Å². The Morgan fingerprint density at radius 2 is 0.953 bits per heavy atom. The third kappa shape index (κ3) is 38.8. The molecule has 1 unspecified atom stereocenters. The largest absolute Gasteiger partial charge is 0.480 e. The number of aliphatic carboxylic acids is 1. The van der Waals surface area contributed by atoms with E-state index in [9.17, 15) is 9.59 Å². The summed E-state index contributed by atoms with van der Waals surface area (Å²) >= 11 is 0. The van der Waals surface area contributed by atoms with E-state index in [2.05, 4.69) is 43.1 Å². The van der Waals surface area contributed by atoms with Gasteiger partial charge in [-0.05, 0) is 44.2 Å². The minimum Gasteiger partial charge on any atom is -0.480 e. The van der Waals surface area contributed by atoms with Gasteiger partial charge in [-0.1, -0.05) is 157 Å². The molecule has 258 valence electrons. The van der Waals surface area contributed by atoms with Crippen molar-refractivity contribution >= 4 is 11.9 Å². The summed E-state index contributed by atoms with van der Waals surface area (Å²) in [5.41, 5.74) is 0. The summed E-state index contributed by atoms with van der Waals surface area (Å²) in [5, 5.41) is 15.3. The fraction of sp³-hybridized carbons (Fsp3) is 0.946. The van der Waals surface area contributed by atoms with Crippen LogP contribution < -0.4 is 10.6 Å². The van der Waals surface area contributed by atoms with Crippen molar-refractivity contribution < 1.29 is 19.4 Å². The average Bonchev–Trinajstić information content (AvgIpc) is 2.97. The maximum Gasteiger partial charge on any atom is 0.320 e. The molecule has 0 bridgehead atoms. The molecule has 6 heteroatoms. The van der Waals surface area contributed by atoms with Gasteiger partial charge in [-0.25, -0.2) is 0 Å². The number of hydrogen-bond acceptors (Lipinski definition) is 5. The highest BCUT2D eigenvalue weighted by Crippen LogP contribution is 2.14. The lowest BCUT2D eigenvalue weighted by Gasteiger charge is -2.11. The highest BCUT2D eigenvalue weighted by atomic mass is 16.5. The van der Waals surface area contributed by atoms with Crippen molar-refractivity contribution in [2.24, 2.45) is 11.8 Å². The highest BCUT2D eigenvalue weighted by Gasteiger charge is 2.12. The molecule has 0 saturated heterocycles. The third-order valence-corrected chi connectivity index (χ3v) is 8.17. The third-order valence-electron chi connectivity index (χ3n) is 8.17. The zero-order valence-corrected chi connectivity index (χ0v) is 29.8. The van der Waals surface area contributed by atoms with Crippen molar-refractivity contribution in [1.29, 1.82) is 0 Å². The first kappa shape index (κ1) is 44.0. The Morgan fingerprint density at radius 3 is 1.30 bits per heavy atom. The summed E-state index contributed by atoms with van der Waals surface area (Å²) in [5.74, 6) is 0.869. The monoisotopic (exact) mass is 613 g/mol. The minimum atomic E-state index is -0.727. The molecule has 0 heterocycles. The van der Waals surface area contributed by atoms with Crippen LogP contribution in [-0.2, 0) is 14.3 Å². The van der Waals surface area contributed by atoms with Crippen molar-refractivity contribution in [2.75, 3.05) is 26.7 Å². The van der Waals surface area contributed by atoms with Crippen molar-refractivity contribution in [3.05, 3.63) is 0 Å². The molecule has 0 fully saturated rings. The molecular weight excluding hydrogens is 536 g/mol. The second-order valence-electron chi connectivity index (χ2n) is 13.4. The molecule has 0 aromatic rings. The van der Waals surface area contributed by atoms with E-state index in [0.29, 0.717) is 12.8 Å². The van der Waals surface area contributed by atoms with Crippen molar-refractivity contribution in [1.82, 2.24) is 10.6 Å². The van der Waals surface area contributed by atoms with E-state index >= 15 is 0 Å². The molecule has 0 spiro atoms. The lowest BCUT2D eigenvalue weighted by atomic mass is 10.0. The van der Waals surface area contributed by atoms with Gasteiger partial charge in [-0.2, -0.15) is 0 Å². The van der Waals surface area contributed by atoms with Crippen LogP contribution in [0.4, 0.5) is 0 Å². The minimum absolute atomic E-state index is 0.128. The zero-order chi connectivity index (χ0) is 32.4. The van der Waals surface area contributed by atoms with Crippen LogP contribution in [0.5, 0.6) is 0 Å². The first-order valence-electron chi connectivity index (χ1n) is 18.5. The van der Waals surface area contributed by atoms with Gasteiger partial charge in [-0.3, -0.25) is 9.59 Å². The Morgan fingerprint density at radius 1 is 0.581 bits per heavy atom. The molecule has 3 N–H and O–H groups in total. The van der Waals surface area contributed by atoms with Crippen LogP contribution in [0.1, 0.15) is 182 Å². The fourth-order valence-electron chi connectivity index (χ4n) is 5.23. The van der Waals surface area contributed by atoms with Crippen LogP contribution in [0.25, 0.3) is 0 Å². The number of esters is 1. The van der Waals surface area contributed by atoms with Crippen LogP contribution in [0.2, 0.25) is 0 Å². The van der Waals surface area contributed by atoms with E-state index in [1.807, 2.05) is 6.92 Å². The lowest BCUT2D eigenvalue weighted by Crippen LogP contribution is -2.36. The summed E-state index contributed by atoms with van der Waals surface area (Å²) in [6, 6.07) is -0.365. The average molecular weight is 613 g/mol. The summed E-state index contributed by atoms with van der Waals surface area (Å²) < 4.78 is 4.60. The molecule has 0 rings (SSSR count). The number of ether oxygens (including phenoxy) is 1. The second kappa shape index (κ2) is 35.3. The summed E-state index contributed by atoms with van der Waals surface area (Å²) in [7, 11) is 1.44. The van der Waals surface area contributed by atoms with Gasteiger partial charge in [0.15, 0.2) is 0 Å². The molecule has 0 aromatic carbocycles. The van der Waals surface area contributed by atoms with Crippen LogP contribution >= 0.6 is 0 Å². The topological polar surface area (TPSA) is 87.7 Å². The quantitative estimate of drug-likeness (QED) is 0.0533. The Bertz CT molecular complexity index is 583. The van der Waals surface area contributed by atoms with Crippen LogP contribution in [0, 0.1) is 11.8 Å². The van der Waals surface area contributed by atoms with Gasteiger partial charge in [0.2, 0.25) is 0 Å². The maximum atomic E-state index is 10.9. The Labute approximate surface area is 268 Å². The normalized spacial score (nSPS) is 11.9. The molecule has 0 aliphatic rings. The summed E-state index contributed by atoms with van der Waals surface area (Å²) in [4.78, 5) is 21.7. The van der Waals surface area contributed by atoms with Gasteiger partial charge in [0.1, 0.15) is 6.04 Å². The van der Waals surface area contributed by atoms with Gasteiger partial charge >= 0.3 is 11.9 Å². The molecule has 43 heavy (non-hydrogen) atoms. The van der Waals surface area contributed by atoms with Crippen molar-refractivity contribution in [2.45, 2.75) is 188 Å². The van der Waals surface area contributed by atoms with Crippen LogP contribution in [-0.4, -0.2) is 49.8 Å². The van der Waals surface area contributed by atoms with Crippen molar-refractivity contribution in [3.63, 3.8) is 0 Å². The van der Waals surface area contributed by atoms with Crippen LogP contribution in [0.3, 0.4) is 0 Å². The molecular formula is C37H76N2O4. The van der Waals surface area contributed by atoms with Gasteiger partial charge in [0, 0.05) is 6.54 Å². The van der Waals surface area contributed by atoms with E-state index in [-0.39, 0.29) is 12.0 Å². The smallest absolute Gasteiger partial charge is 0.320 e. The number of carboxylic acid groups (broad SMARTS) is 1. The number of methoxy groups -OCH3 is 1. The Balaban J connectivity index is 0. The standard InChI is InChI=1S/C19H39NO2.C18H37NO2/c1-18(2)14-12-10-8-6-4-5-7-9-11-13-16-20-17-15-19(21)22-3;1-4-17(18(20)21)19-15-13-11-9-7-5-6-8-10-12-14-16(2)3/h18,20H,4-17H2,1-3H3;16-17,19H,4-15H2,1-3H3,(H,20,21). The van der Waals surface area contributed by atoms with E-state index in [4.69, 9.17) is 5.11 Å². The molecule has 0 aromatic heterocycles. The van der Waals surface area contributed by atoms with Crippen molar-refractivity contribution in [3.8, 4) is 0 Å². The molecule has 1 atom stereocenters. The molecule has 0 amide bonds. The number of nitrogens with one attached hydrogen (secondary N) is 2. The molecule has 6 nitrogen and oxygen atoms in total. The predicted molar refractivity (Wildman–Crippen MR) is 186 cm³/mol.